The Balaban J connectivity index is 2.45. The van der Waals surface area contributed by atoms with Crippen LogP contribution in [0.3, 0.4) is 0 Å². The van der Waals surface area contributed by atoms with Crippen molar-refractivity contribution >= 4 is 10.6 Å². The first-order valence-corrected chi connectivity index (χ1v) is 5.73. The number of nitrogens with one attached hydrogen (secondary N) is 1. The molecule has 0 aromatic heterocycles. The highest BCUT2D eigenvalue weighted by atomic mass is 32.3. The fraction of sp³-hybridized carbons (Fsp3) is 0.857. The van der Waals surface area contributed by atoms with Crippen molar-refractivity contribution in [1.29, 1.82) is 0 Å². The van der Waals surface area contributed by atoms with Crippen molar-refractivity contribution in [3.63, 3.8) is 0 Å². The zero-order chi connectivity index (χ0) is 8.32. The lowest BCUT2D eigenvalue weighted by molar-refractivity contribution is 0.454. The van der Waals surface area contributed by atoms with Gasteiger partial charge in [-0.05, 0) is 6.42 Å². The van der Waals surface area contributed by atoms with E-state index >= 15 is 0 Å². The highest BCUT2D eigenvalue weighted by Crippen LogP contribution is 2.46. The van der Waals surface area contributed by atoms with Crippen molar-refractivity contribution in [2.45, 2.75) is 18.6 Å². The summed E-state index contributed by atoms with van der Waals surface area (Å²) in [5, 5.41) is 3.12. The molecule has 0 aromatic carbocycles. The number of hydrogen-bond acceptors (Lipinski definition) is 3. The number of rotatable bonds is 2. The molecule has 1 fully saturated rings. The van der Waals surface area contributed by atoms with Gasteiger partial charge in [-0.15, -0.1) is 0 Å². The molecule has 1 radical (unpaired) electrons. The first-order chi connectivity index (χ1) is 5.17. The second kappa shape index (κ2) is 3.76. The van der Waals surface area contributed by atoms with Crippen LogP contribution < -0.4 is 5.32 Å². The summed E-state index contributed by atoms with van der Waals surface area (Å²) >= 11 is 0. The molecule has 1 saturated heterocycles. The van der Waals surface area contributed by atoms with E-state index in [1.165, 1.54) is 0 Å². The Morgan fingerprint density at radius 1 is 1.64 bits per heavy atom. The second-order valence-corrected chi connectivity index (χ2v) is 5.26. The first-order valence-electron chi connectivity index (χ1n) is 3.95. The van der Waals surface area contributed by atoms with E-state index in [0.717, 1.165) is 19.5 Å². The van der Waals surface area contributed by atoms with E-state index < -0.39 is 10.6 Å². The summed E-state index contributed by atoms with van der Waals surface area (Å²) in [5.74, 6) is 0.508. The van der Waals surface area contributed by atoms with Crippen LogP contribution in [0.25, 0.3) is 0 Å². The van der Waals surface area contributed by atoms with Crippen molar-refractivity contribution in [2.24, 2.45) is 0 Å². The molecule has 67 valence electrons. The monoisotopic (exact) mass is 178 g/mol. The zero-order valence-corrected chi connectivity index (χ0v) is 7.60. The molecule has 1 atom stereocenters. The van der Waals surface area contributed by atoms with Crippen molar-refractivity contribution in [3.05, 3.63) is 6.42 Å². The van der Waals surface area contributed by atoms with Crippen LogP contribution in [0.1, 0.15) is 13.3 Å². The molecule has 4 heteroatoms. The average molecular weight is 178 g/mol. The molecular formula is C7H16NO2S. The topological polar surface area (TPSA) is 52.5 Å². The van der Waals surface area contributed by atoms with Gasteiger partial charge < -0.3 is 5.32 Å². The van der Waals surface area contributed by atoms with Crippen LogP contribution in [0.15, 0.2) is 0 Å². The summed E-state index contributed by atoms with van der Waals surface area (Å²) in [6, 6.07) is 0. The van der Waals surface area contributed by atoms with Crippen LogP contribution in [-0.2, 0) is 0 Å². The quantitative estimate of drug-likeness (QED) is 0.598. The molecule has 3 N–H and O–H groups in total. The van der Waals surface area contributed by atoms with Gasteiger partial charge in [-0.3, -0.25) is 9.11 Å². The zero-order valence-electron chi connectivity index (χ0n) is 6.79. The highest BCUT2D eigenvalue weighted by Gasteiger charge is 2.27. The Labute approximate surface area is 69.5 Å². The SMILES string of the molecule is CC[CH]C1CNCCS1(O)O. The molecule has 0 aliphatic carbocycles. The van der Waals surface area contributed by atoms with Crippen LogP contribution in [-0.4, -0.2) is 33.2 Å². The van der Waals surface area contributed by atoms with Gasteiger partial charge in [-0.1, -0.05) is 13.3 Å². The van der Waals surface area contributed by atoms with E-state index in [1.807, 2.05) is 13.3 Å². The predicted molar refractivity (Wildman–Crippen MR) is 49.0 cm³/mol. The van der Waals surface area contributed by atoms with Gasteiger partial charge in [-0.25, -0.2) is 0 Å². The smallest absolute Gasteiger partial charge is 0.0641 e. The van der Waals surface area contributed by atoms with E-state index in [9.17, 15) is 9.11 Å². The highest BCUT2D eigenvalue weighted by molar-refractivity contribution is 8.25. The molecule has 1 heterocycles. The van der Waals surface area contributed by atoms with Crippen molar-refractivity contribution in [2.75, 3.05) is 18.8 Å². The molecule has 0 bridgehead atoms. The van der Waals surface area contributed by atoms with Crippen LogP contribution >= 0.6 is 10.6 Å². The average Bonchev–Trinajstić information content (AvgIpc) is 1.94. The molecule has 1 rings (SSSR count). The van der Waals surface area contributed by atoms with Gasteiger partial charge in [-0.2, -0.15) is 10.6 Å². The minimum atomic E-state index is -2.30. The summed E-state index contributed by atoms with van der Waals surface area (Å²) in [5.41, 5.74) is 0. The molecule has 1 unspecified atom stereocenters. The van der Waals surface area contributed by atoms with Crippen LogP contribution in [0, 0.1) is 6.42 Å². The Hall–Kier alpha value is 0.230. The van der Waals surface area contributed by atoms with Gasteiger partial charge in [0.25, 0.3) is 0 Å². The Kier molecular flexibility index (Phi) is 3.18. The van der Waals surface area contributed by atoms with Gasteiger partial charge in [0, 0.05) is 13.1 Å². The van der Waals surface area contributed by atoms with Gasteiger partial charge >= 0.3 is 0 Å². The summed E-state index contributed by atoms with van der Waals surface area (Å²) in [7, 11) is -2.30. The van der Waals surface area contributed by atoms with Crippen molar-refractivity contribution in [3.8, 4) is 0 Å². The molecular weight excluding hydrogens is 162 g/mol. The molecule has 3 nitrogen and oxygen atoms in total. The molecule has 0 spiro atoms. The van der Waals surface area contributed by atoms with E-state index in [-0.39, 0.29) is 5.25 Å². The maximum absolute atomic E-state index is 9.53. The van der Waals surface area contributed by atoms with E-state index in [2.05, 4.69) is 5.32 Å². The molecule has 0 saturated carbocycles. The first kappa shape index (κ1) is 9.32. The van der Waals surface area contributed by atoms with Crippen molar-refractivity contribution < 1.29 is 9.11 Å². The fourth-order valence-corrected chi connectivity index (χ4v) is 2.88. The van der Waals surface area contributed by atoms with Crippen LogP contribution in [0.2, 0.25) is 0 Å². The van der Waals surface area contributed by atoms with E-state index in [4.69, 9.17) is 0 Å². The third-order valence-electron chi connectivity index (χ3n) is 1.91. The lowest BCUT2D eigenvalue weighted by atomic mass is 10.2. The molecule has 0 aromatic rings. The summed E-state index contributed by atoms with van der Waals surface area (Å²) in [6.07, 6.45) is 2.89. The Bertz CT molecular complexity index is 128. The molecule has 1 aliphatic rings. The third kappa shape index (κ3) is 2.33. The lowest BCUT2D eigenvalue weighted by Gasteiger charge is -2.43. The van der Waals surface area contributed by atoms with Crippen LogP contribution in [0.4, 0.5) is 0 Å². The number of hydrogen-bond donors (Lipinski definition) is 3. The van der Waals surface area contributed by atoms with Gasteiger partial charge in [0.05, 0.1) is 11.0 Å². The summed E-state index contributed by atoms with van der Waals surface area (Å²) in [4.78, 5) is 0. The largest absolute Gasteiger partial charge is 0.313 e. The normalized spacial score (nSPS) is 33.2. The van der Waals surface area contributed by atoms with Gasteiger partial charge in [0.1, 0.15) is 0 Å². The lowest BCUT2D eigenvalue weighted by Crippen LogP contribution is -2.41. The van der Waals surface area contributed by atoms with Gasteiger partial charge in [0.15, 0.2) is 0 Å². The molecule has 11 heavy (non-hydrogen) atoms. The predicted octanol–water partition coefficient (Wildman–Crippen LogP) is 1.32. The Morgan fingerprint density at radius 3 is 2.91 bits per heavy atom. The standard InChI is InChI=1S/C7H16NO2S/c1-2-3-7-6-8-4-5-11(7,9)10/h3,7-10H,2,4-6H2,1H3. The fourth-order valence-electron chi connectivity index (χ4n) is 1.25. The maximum atomic E-state index is 9.53. The maximum Gasteiger partial charge on any atom is 0.0641 e. The van der Waals surface area contributed by atoms with Crippen LogP contribution in [0.5, 0.6) is 0 Å². The molecule has 1 aliphatic heterocycles. The van der Waals surface area contributed by atoms with E-state index in [0.29, 0.717) is 5.75 Å². The minimum absolute atomic E-state index is 0.0266. The van der Waals surface area contributed by atoms with Gasteiger partial charge in [0.2, 0.25) is 0 Å². The summed E-state index contributed by atoms with van der Waals surface area (Å²) < 4.78 is 19.1. The Morgan fingerprint density at radius 2 is 2.36 bits per heavy atom. The van der Waals surface area contributed by atoms with Crippen molar-refractivity contribution in [1.82, 2.24) is 5.32 Å². The minimum Gasteiger partial charge on any atom is -0.313 e. The molecule has 0 amide bonds. The van der Waals surface area contributed by atoms with E-state index in [1.54, 1.807) is 0 Å². The summed E-state index contributed by atoms with van der Waals surface area (Å²) in [6.45, 7) is 3.47. The second-order valence-electron chi connectivity index (χ2n) is 2.81. The third-order valence-corrected chi connectivity index (χ3v) is 4.04.